The number of carbonyl (C=O) groups is 1. The predicted octanol–water partition coefficient (Wildman–Crippen LogP) is 2.90. The van der Waals surface area contributed by atoms with Gasteiger partial charge in [-0.2, -0.15) is 0 Å². The number of aliphatic hydroxyl groups excluding tert-OH is 1. The van der Waals surface area contributed by atoms with E-state index in [-0.39, 0.29) is 11.5 Å². The van der Waals surface area contributed by atoms with E-state index >= 15 is 0 Å². The summed E-state index contributed by atoms with van der Waals surface area (Å²) in [7, 11) is 6.02. The summed E-state index contributed by atoms with van der Waals surface area (Å²) < 4.78 is 20.8. The van der Waals surface area contributed by atoms with Crippen LogP contribution in [0.3, 0.4) is 0 Å². The Balaban J connectivity index is 2.18. The van der Waals surface area contributed by atoms with E-state index in [1.807, 2.05) is 0 Å². The van der Waals surface area contributed by atoms with E-state index in [2.05, 4.69) is 0 Å². The molecule has 1 aliphatic rings. The molecule has 1 unspecified atom stereocenters. The van der Waals surface area contributed by atoms with Crippen molar-refractivity contribution >= 4 is 11.9 Å². The van der Waals surface area contributed by atoms with Crippen LogP contribution in [-0.4, -0.2) is 45.1 Å². The number of ether oxygens (including phenoxy) is 4. The van der Waals surface area contributed by atoms with Crippen molar-refractivity contribution < 1.29 is 28.8 Å². The van der Waals surface area contributed by atoms with Crippen molar-refractivity contribution in [1.82, 2.24) is 0 Å². The molecular formula is C19H22O6. The summed E-state index contributed by atoms with van der Waals surface area (Å²) in [6, 6.07) is 5.30. The molecule has 6 nitrogen and oxygen atoms in total. The highest BCUT2D eigenvalue weighted by Gasteiger charge is 2.32. The lowest BCUT2D eigenvalue weighted by Crippen LogP contribution is -2.33. The first-order valence-electron chi connectivity index (χ1n) is 7.63. The number of benzene rings is 1. The van der Waals surface area contributed by atoms with Gasteiger partial charge in [0.2, 0.25) is 5.79 Å². The molecule has 0 bridgehead atoms. The topological polar surface area (TPSA) is 74.2 Å². The first kappa shape index (κ1) is 18.8. The summed E-state index contributed by atoms with van der Waals surface area (Å²) >= 11 is 0. The molecule has 0 saturated carbocycles. The summed E-state index contributed by atoms with van der Waals surface area (Å²) in [5.41, 5.74) is 0.746. The molecule has 0 fully saturated rings. The molecule has 0 aliphatic heterocycles. The molecule has 0 aromatic heterocycles. The van der Waals surface area contributed by atoms with E-state index in [1.165, 1.54) is 26.4 Å². The minimum atomic E-state index is -1.15. The minimum absolute atomic E-state index is 0.121. The van der Waals surface area contributed by atoms with Crippen LogP contribution in [0, 0.1) is 5.92 Å². The Morgan fingerprint density at radius 1 is 1.08 bits per heavy atom. The smallest absolute Gasteiger partial charge is 0.211 e. The lowest BCUT2D eigenvalue weighted by Gasteiger charge is -2.28. The fourth-order valence-electron chi connectivity index (χ4n) is 2.46. The standard InChI is InChI=1S/C19H22O6/c1-22-14-9-13(10-15(11-14)23-2)5-6-17(20)16-7-8-19(24-3,25-4)12-18(16)21/h5-12,16,21H,1-4H3/b6-5+. The summed E-state index contributed by atoms with van der Waals surface area (Å²) in [6.07, 6.45) is 7.57. The third kappa shape index (κ3) is 4.29. The zero-order valence-electron chi connectivity index (χ0n) is 14.7. The molecule has 25 heavy (non-hydrogen) atoms. The number of ketones is 1. The van der Waals surface area contributed by atoms with Crippen LogP contribution in [0.1, 0.15) is 5.56 Å². The van der Waals surface area contributed by atoms with E-state index in [1.54, 1.807) is 50.6 Å². The molecule has 0 spiro atoms. The van der Waals surface area contributed by atoms with Crippen molar-refractivity contribution in [2.45, 2.75) is 5.79 Å². The number of hydrogen-bond acceptors (Lipinski definition) is 6. The Labute approximate surface area is 147 Å². The molecule has 0 amide bonds. The van der Waals surface area contributed by atoms with E-state index < -0.39 is 11.7 Å². The Kier molecular flexibility index (Phi) is 6.01. The molecule has 1 aliphatic carbocycles. The van der Waals surface area contributed by atoms with Crippen LogP contribution in [0.4, 0.5) is 0 Å². The summed E-state index contributed by atoms with van der Waals surface area (Å²) in [4.78, 5) is 12.4. The fourth-order valence-corrected chi connectivity index (χ4v) is 2.46. The van der Waals surface area contributed by atoms with Gasteiger partial charge in [-0.05, 0) is 29.8 Å². The van der Waals surface area contributed by atoms with Crippen LogP contribution in [0.25, 0.3) is 6.08 Å². The molecule has 134 valence electrons. The second-order valence-corrected chi connectivity index (χ2v) is 5.42. The number of aliphatic hydroxyl groups is 1. The van der Waals surface area contributed by atoms with Crippen LogP contribution >= 0.6 is 0 Å². The Bertz CT molecular complexity index is 690. The number of methoxy groups -OCH3 is 4. The highest BCUT2D eigenvalue weighted by molar-refractivity contribution is 5.98. The molecule has 6 heteroatoms. The van der Waals surface area contributed by atoms with Crippen LogP contribution in [0.15, 0.2) is 48.3 Å². The van der Waals surface area contributed by atoms with Crippen molar-refractivity contribution in [3.8, 4) is 11.5 Å². The van der Waals surface area contributed by atoms with Gasteiger partial charge in [-0.25, -0.2) is 0 Å². The maximum atomic E-state index is 12.4. The van der Waals surface area contributed by atoms with Crippen molar-refractivity contribution in [3.05, 3.63) is 53.8 Å². The monoisotopic (exact) mass is 346 g/mol. The van der Waals surface area contributed by atoms with Crippen molar-refractivity contribution in [2.75, 3.05) is 28.4 Å². The molecule has 1 aromatic rings. The average Bonchev–Trinajstić information content (AvgIpc) is 2.65. The second-order valence-electron chi connectivity index (χ2n) is 5.42. The third-order valence-corrected chi connectivity index (χ3v) is 3.95. The number of allylic oxidation sites excluding steroid dienone is 2. The number of rotatable bonds is 7. The molecule has 2 rings (SSSR count). The molecule has 0 heterocycles. The van der Waals surface area contributed by atoms with Crippen LogP contribution in [-0.2, 0) is 14.3 Å². The first-order chi connectivity index (χ1) is 12.0. The van der Waals surface area contributed by atoms with Gasteiger partial charge in [-0.1, -0.05) is 12.2 Å². The maximum Gasteiger partial charge on any atom is 0.211 e. The summed E-state index contributed by atoms with van der Waals surface area (Å²) in [6.45, 7) is 0. The largest absolute Gasteiger partial charge is 0.511 e. The van der Waals surface area contributed by atoms with Gasteiger partial charge in [0.15, 0.2) is 5.78 Å². The molecule has 1 atom stereocenters. The van der Waals surface area contributed by atoms with E-state index in [9.17, 15) is 9.90 Å². The van der Waals surface area contributed by atoms with Gasteiger partial charge in [0, 0.05) is 26.4 Å². The predicted molar refractivity (Wildman–Crippen MR) is 93.7 cm³/mol. The van der Waals surface area contributed by atoms with Gasteiger partial charge >= 0.3 is 0 Å². The van der Waals surface area contributed by atoms with Gasteiger partial charge < -0.3 is 24.1 Å². The molecule has 0 radical (unpaired) electrons. The van der Waals surface area contributed by atoms with E-state index in [0.717, 1.165) is 5.56 Å². The van der Waals surface area contributed by atoms with Gasteiger partial charge in [0.25, 0.3) is 0 Å². The summed E-state index contributed by atoms with van der Waals surface area (Å²) in [5.74, 6) is -1.07. The third-order valence-electron chi connectivity index (χ3n) is 3.95. The lowest BCUT2D eigenvalue weighted by molar-refractivity contribution is -0.137. The van der Waals surface area contributed by atoms with Gasteiger partial charge in [0.05, 0.1) is 20.1 Å². The Hall–Kier alpha value is -2.57. The molecule has 1 aromatic carbocycles. The van der Waals surface area contributed by atoms with Crippen LogP contribution in [0.2, 0.25) is 0 Å². The van der Waals surface area contributed by atoms with Crippen molar-refractivity contribution in [2.24, 2.45) is 5.92 Å². The quantitative estimate of drug-likeness (QED) is 0.465. The molecular weight excluding hydrogens is 324 g/mol. The van der Waals surface area contributed by atoms with E-state index in [0.29, 0.717) is 11.5 Å². The number of hydrogen-bond donors (Lipinski definition) is 1. The fraction of sp³-hybridized carbons (Fsp3) is 0.316. The second kappa shape index (κ2) is 8.00. The molecule has 0 saturated heterocycles. The highest BCUT2D eigenvalue weighted by atomic mass is 16.7. The minimum Gasteiger partial charge on any atom is -0.511 e. The number of carbonyl (C=O) groups excluding carboxylic acids is 1. The highest BCUT2D eigenvalue weighted by Crippen LogP contribution is 2.28. The van der Waals surface area contributed by atoms with Gasteiger partial charge in [-0.15, -0.1) is 0 Å². The van der Waals surface area contributed by atoms with Crippen molar-refractivity contribution in [1.29, 1.82) is 0 Å². The maximum absolute atomic E-state index is 12.4. The zero-order valence-corrected chi connectivity index (χ0v) is 14.7. The average molecular weight is 346 g/mol. The van der Waals surface area contributed by atoms with E-state index in [4.69, 9.17) is 18.9 Å². The normalized spacial score (nSPS) is 18.9. The molecule has 1 N–H and O–H groups in total. The first-order valence-corrected chi connectivity index (χ1v) is 7.63. The lowest BCUT2D eigenvalue weighted by atomic mass is 9.93. The Morgan fingerprint density at radius 3 is 2.16 bits per heavy atom. The Morgan fingerprint density at radius 2 is 1.68 bits per heavy atom. The van der Waals surface area contributed by atoms with Crippen molar-refractivity contribution in [3.63, 3.8) is 0 Å². The zero-order chi connectivity index (χ0) is 18.4. The summed E-state index contributed by atoms with van der Waals surface area (Å²) in [5, 5.41) is 10.2. The SMILES string of the molecule is COc1cc(/C=C/C(=O)C2C=CC(OC)(OC)C=C2O)cc(OC)c1. The van der Waals surface area contributed by atoms with Crippen LogP contribution < -0.4 is 9.47 Å². The van der Waals surface area contributed by atoms with Gasteiger partial charge in [0.1, 0.15) is 17.3 Å². The van der Waals surface area contributed by atoms with Gasteiger partial charge in [-0.3, -0.25) is 4.79 Å². The van der Waals surface area contributed by atoms with Crippen LogP contribution in [0.5, 0.6) is 11.5 Å².